The molecule has 1 saturated heterocycles. The lowest BCUT2D eigenvalue weighted by molar-refractivity contribution is 0.0150. The van der Waals surface area contributed by atoms with Crippen LogP contribution in [0.4, 0.5) is 0 Å². The summed E-state index contributed by atoms with van der Waals surface area (Å²) in [6.45, 7) is 9.18. The molecule has 0 aromatic carbocycles. The lowest BCUT2D eigenvalue weighted by atomic mass is 10.1. The number of carbonyl (C=O) groups excluding carboxylic acids is 1. The molecule has 0 amide bonds. The monoisotopic (exact) mass is 339 g/mol. The normalized spacial score (nSPS) is 17.0. The molecular weight excluding hydrogens is 310 g/mol. The summed E-state index contributed by atoms with van der Waals surface area (Å²) < 4.78 is 10.4. The number of carbonyl (C=O) groups is 1. The maximum atomic E-state index is 12.0. The third-order valence-corrected chi connectivity index (χ3v) is 4.14. The highest BCUT2D eigenvalue weighted by atomic mass is 16.5. The SMILES string of the molecule is CCOC(=O)c1c(C)c[nH]c1CCNC[C@@H](O)CN1CCOCC1. The summed E-state index contributed by atoms with van der Waals surface area (Å²) in [6.07, 6.45) is 2.11. The second-order valence-electron chi connectivity index (χ2n) is 6.07. The van der Waals surface area contributed by atoms with Crippen LogP contribution in [-0.4, -0.2) is 79.6 Å². The number of nitrogens with one attached hydrogen (secondary N) is 2. The van der Waals surface area contributed by atoms with E-state index in [1.54, 1.807) is 6.92 Å². The summed E-state index contributed by atoms with van der Waals surface area (Å²) in [5.74, 6) is -0.279. The Labute approximate surface area is 143 Å². The number of hydrogen-bond acceptors (Lipinski definition) is 6. The molecular formula is C17H29N3O4. The van der Waals surface area contributed by atoms with Gasteiger partial charge in [0.05, 0.1) is 31.5 Å². The number of aryl methyl sites for hydroxylation is 1. The smallest absolute Gasteiger partial charge is 0.340 e. The first kappa shape index (κ1) is 18.9. The minimum atomic E-state index is -0.405. The van der Waals surface area contributed by atoms with Gasteiger partial charge in [-0.15, -0.1) is 0 Å². The van der Waals surface area contributed by atoms with Crippen LogP contribution in [0, 0.1) is 6.92 Å². The third kappa shape index (κ3) is 5.59. The first-order valence-corrected chi connectivity index (χ1v) is 8.64. The molecule has 0 aliphatic carbocycles. The van der Waals surface area contributed by atoms with Crippen molar-refractivity contribution >= 4 is 5.97 Å². The molecule has 0 radical (unpaired) electrons. The molecule has 2 rings (SSSR count). The number of aliphatic hydroxyl groups is 1. The molecule has 2 heterocycles. The molecule has 0 unspecified atom stereocenters. The fourth-order valence-electron chi connectivity index (χ4n) is 2.89. The van der Waals surface area contributed by atoms with E-state index in [-0.39, 0.29) is 5.97 Å². The van der Waals surface area contributed by atoms with Crippen LogP contribution in [0.25, 0.3) is 0 Å². The summed E-state index contributed by atoms with van der Waals surface area (Å²) in [5, 5.41) is 13.3. The second kappa shape index (κ2) is 9.78. The van der Waals surface area contributed by atoms with Crippen molar-refractivity contribution in [2.75, 3.05) is 52.5 Å². The van der Waals surface area contributed by atoms with E-state index in [1.807, 2.05) is 13.1 Å². The van der Waals surface area contributed by atoms with Gasteiger partial charge < -0.3 is 24.9 Å². The van der Waals surface area contributed by atoms with Gasteiger partial charge in [-0.25, -0.2) is 4.79 Å². The molecule has 7 heteroatoms. The molecule has 3 N–H and O–H groups in total. The van der Waals surface area contributed by atoms with E-state index in [0.717, 1.165) is 37.6 Å². The molecule has 1 aromatic rings. The van der Waals surface area contributed by atoms with Gasteiger partial charge in [-0.1, -0.05) is 0 Å². The molecule has 1 aliphatic rings. The zero-order chi connectivity index (χ0) is 17.4. The summed E-state index contributed by atoms with van der Waals surface area (Å²) in [5.41, 5.74) is 2.41. The molecule has 136 valence electrons. The Kier molecular flexibility index (Phi) is 7.71. The van der Waals surface area contributed by atoms with Crippen molar-refractivity contribution in [1.29, 1.82) is 0 Å². The zero-order valence-electron chi connectivity index (χ0n) is 14.6. The highest BCUT2D eigenvalue weighted by Crippen LogP contribution is 2.15. The van der Waals surface area contributed by atoms with E-state index in [4.69, 9.17) is 9.47 Å². The average molecular weight is 339 g/mol. The average Bonchev–Trinajstić information content (AvgIpc) is 2.93. The lowest BCUT2D eigenvalue weighted by Crippen LogP contribution is -2.44. The fourth-order valence-corrected chi connectivity index (χ4v) is 2.89. The van der Waals surface area contributed by atoms with E-state index < -0.39 is 6.10 Å². The molecule has 1 atom stereocenters. The third-order valence-electron chi connectivity index (χ3n) is 4.14. The number of H-pyrrole nitrogens is 1. The minimum Gasteiger partial charge on any atom is -0.462 e. The predicted octanol–water partition coefficient (Wildman–Crippen LogP) is 0.325. The molecule has 0 spiro atoms. The number of aromatic amines is 1. The Bertz CT molecular complexity index is 512. The number of β-amino-alcohol motifs (C(OH)–C–C–N with tert-alkyl or cyclic N) is 1. The molecule has 0 bridgehead atoms. The Morgan fingerprint density at radius 3 is 2.96 bits per heavy atom. The van der Waals surface area contributed by atoms with Gasteiger partial charge in [0.25, 0.3) is 0 Å². The number of aromatic nitrogens is 1. The zero-order valence-corrected chi connectivity index (χ0v) is 14.6. The quantitative estimate of drug-likeness (QED) is 0.444. The van der Waals surface area contributed by atoms with Crippen LogP contribution in [0.15, 0.2) is 6.20 Å². The largest absolute Gasteiger partial charge is 0.462 e. The van der Waals surface area contributed by atoms with E-state index in [9.17, 15) is 9.90 Å². The van der Waals surface area contributed by atoms with Gasteiger partial charge in [-0.05, 0) is 19.4 Å². The van der Waals surface area contributed by atoms with Gasteiger partial charge in [-0.2, -0.15) is 0 Å². The van der Waals surface area contributed by atoms with E-state index in [2.05, 4.69) is 15.2 Å². The Morgan fingerprint density at radius 1 is 1.50 bits per heavy atom. The number of ether oxygens (including phenoxy) is 2. The lowest BCUT2D eigenvalue weighted by Gasteiger charge is -2.28. The van der Waals surface area contributed by atoms with Gasteiger partial charge in [-0.3, -0.25) is 4.90 Å². The Morgan fingerprint density at radius 2 is 2.25 bits per heavy atom. The number of hydrogen-bond donors (Lipinski definition) is 3. The van der Waals surface area contributed by atoms with Crippen LogP contribution < -0.4 is 5.32 Å². The van der Waals surface area contributed by atoms with Crippen LogP contribution in [-0.2, 0) is 15.9 Å². The predicted molar refractivity (Wildman–Crippen MR) is 91.3 cm³/mol. The Balaban J connectivity index is 1.71. The van der Waals surface area contributed by atoms with Gasteiger partial charge in [0, 0.05) is 51.0 Å². The second-order valence-corrected chi connectivity index (χ2v) is 6.07. The van der Waals surface area contributed by atoms with Gasteiger partial charge in [0.2, 0.25) is 0 Å². The Hall–Kier alpha value is -1.41. The maximum absolute atomic E-state index is 12.0. The van der Waals surface area contributed by atoms with Gasteiger partial charge in [0.15, 0.2) is 0 Å². The van der Waals surface area contributed by atoms with Crippen LogP contribution in [0.5, 0.6) is 0 Å². The minimum absolute atomic E-state index is 0.279. The van der Waals surface area contributed by atoms with Crippen molar-refractivity contribution in [2.24, 2.45) is 0 Å². The first-order valence-electron chi connectivity index (χ1n) is 8.64. The molecule has 1 aliphatic heterocycles. The summed E-state index contributed by atoms with van der Waals surface area (Å²) in [7, 11) is 0. The first-order chi connectivity index (χ1) is 11.6. The fraction of sp³-hybridized carbons (Fsp3) is 0.706. The van der Waals surface area contributed by atoms with Crippen LogP contribution >= 0.6 is 0 Å². The standard InChI is InChI=1S/C17H29N3O4/c1-3-24-17(22)16-13(2)10-19-15(16)4-5-18-11-14(21)12-20-6-8-23-9-7-20/h10,14,18-19,21H,3-9,11-12H2,1-2H3/t14-/m1/s1. The van der Waals surface area contributed by atoms with Gasteiger partial charge >= 0.3 is 5.97 Å². The topological polar surface area (TPSA) is 86.8 Å². The number of aliphatic hydroxyl groups excluding tert-OH is 1. The van der Waals surface area contributed by atoms with Crippen LogP contribution in [0.2, 0.25) is 0 Å². The van der Waals surface area contributed by atoms with E-state index in [0.29, 0.717) is 38.2 Å². The van der Waals surface area contributed by atoms with Crippen LogP contribution in [0.1, 0.15) is 28.5 Å². The van der Waals surface area contributed by atoms with Crippen molar-refractivity contribution in [3.63, 3.8) is 0 Å². The number of nitrogens with zero attached hydrogens (tertiary/aromatic N) is 1. The van der Waals surface area contributed by atoms with E-state index >= 15 is 0 Å². The van der Waals surface area contributed by atoms with Crippen molar-refractivity contribution in [3.05, 3.63) is 23.0 Å². The summed E-state index contributed by atoms with van der Waals surface area (Å²) in [4.78, 5) is 17.3. The van der Waals surface area contributed by atoms with Crippen molar-refractivity contribution < 1.29 is 19.4 Å². The highest BCUT2D eigenvalue weighted by Gasteiger charge is 2.17. The number of esters is 1. The summed E-state index contributed by atoms with van der Waals surface area (Å²) >= 11 is 0. The summed E-state index contributed by atoms with van der Waals surface area (Å²) in [6, 6.07) is 0. The molecule has 0 saturated carbocycles. The van der Waals surface area contributed by atoms with Crippen molar-refractivity contribution in [3.8, 4) is 0 Å². The number of rotatable bonds is 9. The van der Waals surface area contributed by atoms with Crippen molar-refractivity contribution in [2.45, 2.75) is 26.4 Å². The van der Waals surface area contributed by atoms with E-state index in [1.165, 1.54) is 0 Å². The molecule has 7 nitrogen and oxygen atoms in total. The van der Waals surface area contributed by atoms with Crippen LogP contribution in [0.3, 0.4) is 0 Å². The van der Waals surface area contributed by atoms with Gasteiger partial charge in [0.1, 0.15) is 0 Å². The molecule has 1 aromatic heterocycles. The van der Waals surface area contributed by atoms with Crippen molar-refractivity contribution in [1.82, 2.24) is 15.2 Å². The molecule has 24 heavy (non-hydrogen) atoms. The maximum Gasteiger partial charge on any atom is 0.340 e. The molecule has 1 fully saturated rings. The highest BCUT2D eigenvalue weighted by molar-refractivity contribution is 5.92. The number of morpholine rings is 1.